The Morgan fingerprint density at radius 1 is 0.974 bits per heavy atom. The fourth-order valence-electron chi connectivity index (χ4n) is 10.1. The highest BCUT2D eigenvalue weighted by Crippen LogP contribution is 2.69. The molecule has 4 saturated carbocycles. The molecule has 0 aromatic heterocycles. The molecule has 0 bridgehead atoms. The maximum Gasteiger partial charge on any atom is 0.331 e. The van der Waals surface area contributed by atoms with Gasteiger partial charge in [-0.3, -0.25) is 0 Å². The zero-order chi connectivity index (χ0) is 27.0. The molecular formula is C30H46O8. The first-order valence-electron chi connectivity index (χ1n) is 14.8. The van der Waals surface area contributed by atoms with Crippen molar-refractivity contribution in [2.75, 3.05) is 7.11 Å². The summed E-state index contributed by atoms with van der Waals surface area (Å²) in [5.74, 6) is 1.13. The molecule has 2 aliphatic heterocycles. The highest BCUT2D eigenvalue weighted by molar-refractivity contribution is 5.84. The molecule has 0 aromatic carbocycles. The highest BCUT2D eigenvalue weighted by atomic mass is 16.7. The minimum atomic E-state index is -1.04. The molecule has 3 N–H and O–H groups in total. The zero-order valence-corrected chi connectivity index (χ0v) is 23.3. The largest absolute Gasteiger partial charge is 0.455 e. The average Bonchev–Trinajstić information content (AvgIpc) is 3.43. The number of rotatable bonds is 4. The lowest BCUT2D eigenvalue weighted by atomic mass is 9.43. The molecule has 0 spiro atoms. The minimum Gasteiger partial charge on any atom is -0.455 e. The number of aliphatic hydroxyl groups excluding tert-OH is 2. The third kappa shape index (κ3) is 3.88. The molecule has 6 rings (SSSR count). The normalized spacial score (nSPS) is 56.2. The van der Waals surface area contributed by atoms with Crippen molar-refractivity contribution in [3.05, 3.63) is 12.2 Å². The van der Waals surface area contributed by atoms with Gasteiger partial charge in [0, 0.05) is 24.5 Å². The Balaban J connectivity index is 1.15. The summed E-state index contributed by atoms with van der Waals surface area (Å²) < 4.78 is 23.2. The van der Waals surface area contributed by atoms with E-state index in [1.807, 2.05) is 6.08 Å². The van der Waals surface area contributed by atoms with Gasteiger partial charge in [0.25, 0.3) is 0 Å². The number of fused-ring (bicyclic) bond motifs is 5. The first-order chi connectivity index (χ1) is 18.0. The molecule has 4 aliphatic carbocycles. The summed E-state index contributed by atoms with van der Waals surface area (Å²) in [4.78, 5) is 11.8. The van der Waals surface area contributed by atoms with Crippen molar-refractivity contribution < 1.29 is 39.1 Å². The van der Waals surface area contributed by atoms with Crippen molar-refractivity contribution in [3.63, 3.8) is 0 Å². The molecule has 6 aliphatic rings. The van der Waals surface area contributed by atoms with Gasteiger partial charge in [-0.1, -0.05) is 13.8 Å². The van der Waals surface area contributed by atoms with Crippen molar-refractivity contribution >= 4 is 5.97 Å². The summed E-state index contributed by atoms with van der Waals surface area (Å²) in [6, 6.07) is 0. The predicted octanol–water partition coefficient (Wildman–Crippen LogP) is 3.11. The number of hydrogen-bond donors (Lipinski definition) is 3. The molecule has 38 heavy (non-hydrogen) atoms. The molecule has 1 unspecified atom stereocenters. The van der Waals surface area contributed by atoms with Crippen LogP contribution in [0.15, 0.2) is 12.2 Å². The molecule has 214 valence electrons. The van der Waals surface area contributed by atoms with E-state index in [2.05, 4.69) is 13.8 Å². The SMILES string of the molecule is CO[C@H]1[C@@H](O)[C@@H](C)O[C@@H](O[C@H]2CC[C@@]3(C)[C@H](CC[C@@H]4[C@@H]3CC[C@]3(C)[C@@H](C5C=CC(=O)O5)CC[C@]43O)C2)[C@@H]1O. The third-order valence-electron chi connectivity index (χ3n) is 12.3. The van der Waals surface area contributed by atoms with Gasteiger partial charge in [0.05, 0.1) is 17.8 Å². The Kier molecular flexibility index (Phi) is 6.80. The molecule has 0 radical (unpaired) electrons. The number of carbonyl (C=O) groups excluding carboxylic acids is 1. The van der Waals surface area contributed by atoms with Crippen LogP contribution in [0.2, 0.25) is 0 Å². The van der Waals surface area contributed by atoms with E-state index in [0.29, 0.717) is 11.8 Å². The van der Waals surface area contributed by atoms with Crippen molar-refractivity contribution in [1.29, 1.82) is 0 Å². The van der Waals surface area contributed by atoms with Crippen LogP contribution < -0.4 is 0 Å². The number of esters is 1. The maximum atomic E-state index is 12.4. The molecule has 14 atom stereocenters. The summed E-state index contributed by atoms with van der Waals surface area (Å²) in [5, 5.41) is 33.4. The van der Waals surface area contributed by atoms with Crippen LogP contribution in [0.25, 0.3) is 0 Å². The zero-order valence-electron chi connectivity index (χ0n) is 23.3. The van der Waals surface area contributed by atoms with Gasteiger partial charge in [-0.25, -0.2) is 4.79 Å². The topological polar surface area (TPSA) is 115 Å². The van der Waals surface area contributed by atoms with Gasteiger partial charge in [0.15, 0.2) is 6.29 Å². The molecule has 8 heteroatoms. The summed E-state index contributed by atoms with van der Waals surface area (Å²) in [7, 11) is 1.49. The quantitative estimate of drug-likeness (QED) is 0.372. The first kappa shape index (κ1) is 27.2. The van der Waals surface area contributed by atoms with Gasteiger partial charge in [0.2, 0.25) is 0 Å². The van der Waals surface area contributed by atoms with Crippen LogP contribution >= 0.6 is 0 Å². The Bertz CT molecular complexity index is 955. The predicted molar refractivity (Wildman–Crippen MR) is 138 cm³/mol. The Hall–Kier alpha value is -1.03. The number of carbonyl (C=O) groups is 1. The number of ether oxygens (including phenoxy) is 4. The maximum absolute atomic E-state index is 12.4. The molecular weight excluding hydrogens is 488 g/mol. The van der Waals surface area contributed by atoms with Gasteiger partial charge in [0.1, 0.15) is 24.4 Å². The van der Waals surface area contributed by atoms with Gasteiger partial charge in [-0.15, -0.1) is 0 Å². The van der Waals surface area contributed by atoms with E-state index >= 15 is 0 Å². The first-order valence-corrected chi connectivity index (χ1v) is 14.8. The lowest BCUT2D eigenvalue weighted by Gasteiger charge is -2.64. The van der Waals surface area contributed by atoms with E-state index in [1.165, 1.54) is 7.11 Å². The van der Waals surface area contributed by atoms with E-state index in [-0.39, 0.29) is 40.8 Å². The van der Waals surface area contributed by atoms with Crippen LogP contribution in [-0.4, -0.2) is 76.9 Å². The van der Waals surface area contributed by atoms with E-state index < -0.39 is 36.3 Å². The number of cyclic esters (lactones) is 1. The second kappa shape index (κ2) is 9.52. The van der Waals surface area contributed by atoms with Crippen LogP contribution in [0.4, 0.5) is 0 Å². The summed E-state index contributed by atoms with van der Waals surface area (Å²) in [5.41, 5.74) is -0.829. The van der Waals surface area contributed by atoms with Crippen molar-refractivity contribution in [2.45, 2.75) is 127 Å². The summed E-state index contributed by atoms with van der Waals surface area (Å²) in [6.45, 7) is 6.47. The average molecular weight is 535 g/mol. The van der Waals surface area contributed by atoms with Gasteiger partial charge < -0.3 is 34.3 Å². The van der Waals surface area contributed by atoms with Crippen molar-refractivity contribution in [1.82, 2.24) is 0 Å². The fourth-order valence-corrected chi connectivity index (χ4v) is 10.1. The number of hydrogen-bond acceptors (Lipinski definition) is 8. The minimum absolute atomic E-state index is 0.0131. The Labute approximate surface area is 226 Å². The van der Waals surface area contributed by atoms with Crippen LogP contribution in [0.5, 0.6) is 0 Å². The summed E-state index contributed by atoms with van der Waals surface area (Å²) >= 11 is 0. The number of methoxy groups -OCH3 is 1. The molecule has 0 aromatic rings. The standard InChI is InChI=1S/C30H46O8/c1-16-24(32)26(35-4)25(33)27(36-16)37-18-9-12-28(2)17(15-18)5-6-20-19(28)10-13-29(3)21(11-14-30(20,29)34)22-7-8-23(31)38-22/h7-8,16-22,24-27,32-34H,5-6,9-15H2,1-4H3/t16-,17-,18+,19+,20-,21-,22?,24+,25-,26+,27+,28+,29-,30+/m1/s1. The van der Waals surface area contributed by atoms with Crippen LogP contribution in [0.3, 0.4) is 0 Å². The molecule has 1 saturated heterocycles. The number of aliphatic hydroxyl groups is 3. The second-order valence-electron chi connectivity index (χ2n) is 13.7. The van der Waals surface area contributed by atoms with Gasteiger partial charge in [-0.05, 0) is 94.0 Å². The van der Waals surface area contributed by atoms with Crippen molar-refractivity contribution in [2.24, 2.45) is 34.5 Å². The Morgan fingerprint density at radius 3 is 2.45 bits per heavy atom. The lowest BCUT2D eigenvalue weighted by Crippen LogP contribution is -2.63. The van der Waals surface area contributed by atoms with E-state index in [9.17, 15) is 20.1 Å². The Morgan fingerprint density at radius 2 is 1.74 bits per heavy atom. The lowest BCUT2D eigenvalue weighted by molar-refractivity contribution is -0.313. The van der Waals surface area contributed by atoms with Gasteiger partial charge in [-0.2, -0.15) is 0 Å². The highest BCUT2D eigenvalue weighted by Gasteiger charge is 2.68. The molecule has 8 nitrogen and oxygen atoms in total. The molecule has 2 heterocycles. The summed E-state index contributed by atoms with van der Waals surface area (Å²) in [6.07, 6.45) is 7.90. The third-order valence-corrected chi connectivity index (χ3v) is 12.3. The second-order valence-corrected chi connectivity index (χ2v) is 13.7. The van der Waals surface area contributed by atoms with E-state index in [0.717, 1.165) is 57.8 Å². The van der Waals surface area contributed by atoms with Crippen LogP contribution in [0.1, 0.15) is 78.6 Å². The fraction of sp³-hybridized carbons (Fsp3) is 0.900. The van der Waals surface area contributed by atoms with Crippen molar-refractivity contribution in [3.8, 4) is 0 Å². The van der Waals surface area contributed by atoms with Crippen LogP contribution in [-0.2, 0) is 23.7 Å². The molecule has 0 amide bonds. The molecule has 5 fully saturated rings. The van der Waals surface area contributed by atoms with Crippen LogP contribution in [0, 0.1) is 34.5 Å². The van der Waals surface area contributed by atoms with Gasteiger partial charge >= 0.3 is 5.97 Å². The van der Waals surface area contributed by atoms with E-state index in [1.54, 1.807) is 13.0 Å². The monoisotopic (exact) mass is 534 g/mol. The van der Waals surface area contributed by atoms with E-state index in [4.69, 9.17) is 18.9 Å². The smallest absolute Gasteiger partial charge is 0.331 e.